The number of nitriles is 1. The molecule has 0 saturated carbocycles. The lowest BCUT2D eigenvalue weighted by Gasteiger charge is -2.11. The molecule has 2 aromatic carbocycles. The number of halogens is 2. The Labute approximate surface area is 142 Å². The van der Waals surface area contributed by atoms with Crippen LogP contribution in [0.3, 0.4) is 0 Å². The van der Waals surface area contributed by atoms with Crippen LogP contribution < -0.4 is 9.47 Å². The number of ether oxygens (including phenoxy) is 2. The molecule has 112 valence electrons. The summed E-state index contributed by atoms with van der Waals surface area (Å²) in [6.45, 7) is 0. The predicted molar refractivity (Wildman–Crippen MR) is 92.2 cm³/mol. The molecule has 22 heavy (non-hydrogen) atoms. The van der Waals surface area contributed by atoms with Crippen molar-refractivity contribution in [3.8, 4) is 17.6 Å². The van der Waals surface area contributed by atoms with Gasteiger partial charge < -0.3 is 9.47 Å². The lowest BCUT2D eigenvalue weighted by Crippen LogP contribution is -1.94. The summed E-state index contributed by atoms with van der Waals surface area (Å²) in [5.41, 5.74) is 2.04. The third-order valence-corrected chi connectivity index (χ3v) is 3.76. The first-order valence-electron chi connectivity index (χ1n) is 6.38. The van der Waals surface area contributed by atoms with Gasteiger partial charge in [0.25, 0.3) is 0 Å². The van der Waals surface area contributed by atoms with E-state index in [0.29, 0.717) is 22.1 Å². The fourth-order valence-corrected chi connectivity index (χ4v) is 2.61. The van der Waals surface area contributed by atoms with Crippen LogP contribution in [0.4, 0.5) is 0 Å². The summed E-state index contributed by atoms with van der Waals surface area (Å²) in [5, 5.41) is 10.1. The van der Waals surface area contributed by atoms with Gasteiger partial charge in [-0.25, -0.2) is 0 Å². The van der Waals surface area contributed by atoms with Crippen molar-refractivity contribution < 1.29 is 9.47 Å². The van der Waals surface area contributed by atoms with Gasteiger partial charge in [0.1, 0.15) is 0 Å². The van der Waals surface area contributed by atoms with E-state index in [2.05, 4.69) is 22.0 Å². The highest BCUT2D eigenvalue weighted by Crippen LogP contribution is 2.36. The topological polar surface area (TPSA) is 42.2 Å². The van der Waals surface area contributed by atoms with Gasteiger partial charge in [-0.15, -0.1) is 0 Å². The SMILES string of the molecule is COc1cc(Br)cc(/C=C(\C#N)c2ccc(Cl)cc2)c1OC. The van der Waals surface area contributed by atoms with Crippen LogP contribution in [-0.2, 0) is 0 Å². The minimum Gasteiger partial charge on any atom is -0.493 e. The zero-order valence-electron chi connectivity index (χ0n) is 12.1. The average molecular weight is 379 g/mol. The Hall–Kier alpha value is -1.96. The van der Waals surface area contributed by atoms with Crippen LogP contribution in [0.5, 0.6) is 11.5 Å². The van der Waals surface area contributed by atoms with Crippen molar-refractivity contribution in [1.82, 2.24) is 0 Å². The number of benzene rings is 2. The molecule has 2 rings (SSSR count). The lowest BCUT2D eigenvalue weighted by molar-refractivity contribution is 0.354. The number of methoxy groups -OCH3 is 2. The van der Waals surface area contributed by atoms with E-state index in [1.54, 1.807) is 44.6 Å². The van der Waals surface area contributed by atoms with Gasteiger partial charge in [0.05, 0.1) is 25.9 Å². The Kier molecular flexibility index (Phi) is 5.48. The number of rotatable bonds is 4. The molecule has 2 aromatic rings. The molecule has 0 fully saturated rings. The van der Waals surface area contributed by atoms with Crippen LogP contribution in [0.2, 0.25) is 5.02 Å². The first kappa shape index (κ1) is 16.4. The van der Waals surface area contributed by atoms with Crippen molar-refractivity contribution in [1.29, 1.82) is 5.26 Å². The van der Waals surface area contributed by atoms with Gasteiger partial charge in [-0.3, -0.25) is 0 Å². The summed E-state index contributed by atoms with van der Waals surface area (Å²) in [4.78, 5) is 0. The zero-order valence-corrected chi connectivity index (χ0v) is 14.4. The fourth-order valence-electron chi connectivity index (χ4n) is 2.03. The molecular formula is C17H13BrClNO2. The number of allylic oxidation sites excluding steroid dienone is 1. The van der Waals surface area contributed by atoms with E-state index in [-0.39, 0.29) is 0 Å². The lowest BCUT2D eigenvalue weighted by atomic mass is 10.0. The zero-order chi connectivity index (χ0) is 16.1. The molecule has 5 heteroatoms. The second-order valence-corrected chi connectivity index (χ2v) is 5.76. The van der Waals surface area contributed by atoms with Gasteiger partial charge in [0, 0.05) is 15.1 Å². The van der Waals surface area contributed by atoms with Gasteiger partial charge in [-0.05, 0) is 35.9 Å². The highest BCUT2D eigenvalue weighted by Gasteiger charge is 2.11. The molecule has 0 aliphatic heterocycles. The van der Waals surface area contributed by atoms with E-state index in [1.165, 1.54) is 0 Å². The summed E-state index contributed by atoms with van der Waals surface area (Å²) in [6.07, 6.45) is 1.76. The first-order chi connectivity index (χ1) is 10.6. The molecule has 0 aliphatic rings. The van der Waals surface area contributed by atoms with Crippen LogP contribution in [0.1, 0.15) is 11.1 Å². The second-order valence-electron chi connectivity index (χ2n) is 4.41. The van der Waals surface area contributed by atoms with Crippen molar-refractivity contribution in [3.05, 3.63) is 57.0 Å². The van der Waals surface area contributed by atoms with Crippen molar-refractivity contribution in [2.24, 2.45) is 0 Å². The molecule has 3 nitrogen and oxygen atoms in total. The van der Waals surface area contributed by atoms with E-state index in [4.69, 9.17) is 21.1 Å². The Balaban J connectivity index is 2.57. The van der Waals surface area contributed by atoms with Crippen molar-refractivity contribution in [3.63, 3.8) is 0 Å². The predicted octanol–water partition coefficient (Wildman–Crippen LogP) is 5.18. The molecule has 0 aromatic heterocycles. The highest BCUT2D eigenvalue weighted by molar-refractivity contribution is 9.10. The molecule has 0 bridgehead atoms. The van der Waals surface area contributed by atoms with Crippen LogP contribution in [-0.4, -0.2) is 14.2 Å². The Morgan fingerprint density at radius 3 is 2.41 bits per heavy atom. The smallest absolute Gasteiger partial charge is 0.168 e. The molecule has 0 N–H and O–H groups in total. The second kappa shape index (κ2) is 7.35. The maximum atomic E-state index is 9.43. The minimum absolute atomic E-state index is 0.509. The van der Waals surface area contributed by atoms with E-state index in [9.17, 15) is 5.26 Å². The molecule has 0 spiro atoms. The summed E-state index contributed by atoms with van der Waals surface area (Å²) < 4.78 is 11.5. The third kappa shape index (κ3) is 3.62. The standard InChI is InChI=1S/C17H13BrClNO2/c1-21-16-9-14(18)8-12(17(16)22-2)7-13(10-20)11-3-5-15(19)6-4-11/h3-9H,1-2H3/b13-7+. The van der Waals surface area contributed by atoms with Crippen LogP contribution in [0.15, 0.2) is 40.9 Å². The molecule has 0 saturated heterocycles. The van der Waals surface area contributed by atoms with Gasteiger partial charge in [0.2, 0.25) is 0 Å². The Morgan fingerprint density at radius 2 is 1.86 bits per heavy atom. The molecule has 0 heterocycles. The molecule has 0 unspecified atom stereocenters. The maximum Gasteiger partial charge on any atom is 0.168 e. The van der Waals surface area contributed by atoms with Crippen molar-refractivity contribution in [2.75, 3.05) is 14.2 Å². The Bertz CT molecular complexity index is 748. The normalized spacial score (nSPS) is 11.0. The van der Waals surface area contributed by atoms with Gasteiger partial charge in [-0.2, -0.15) is 5.26 Å². The number of hydrogen-bond donors (Lipinski definition) is 0. The summed E-state index contributed by atoms with van der Waals surface area (Å²) in [5.74, 6) is 1.17. The summed E-state index contributed by atoms with van der Waals surface area (Å²) in [7, 11) is 3.14. The highest BCUT2D eigenvalue weighted by atomic mass is 79.9. The fraction of sp³-hybridized carbons (Fsp3) is 0.118. The largest absolute Gasteiger partial charge is 0.493 e. The van der Waals surface area contributed by atoms with Crippen LogP contribution >= 0.6 is 27.5 Å². The van der Waals surface area contributed by atoms with E-state index >= 15 is 0 Å². The maximum absolute atomic E-state index is 9.43. The van der Waals surface area contributed by atoms with E-state index in [0.717, 1.165) is 15.6 Å². The van der Waals surface area contributed by atoms with E-state index in [1.807, 2.05) is 12.1 Å². The van der Waals surface area contributed by atoms with Crippen molar-refractivity contribution >= 4 is 39.2 Å². The Morgan fingerprint density at radius 1 is 1.18 bits per heavy atom. The first-order valence-corrected chi connectivity index (χ1v) is 7.55. The molecule has 0 aliphatic carbocycles. The summed E-state index contributed by atoms with van der Waals surface area (Å²) in [6, 6.07) is 13.0. The van der Waals surface area contributed by atoms with E-state index < -0.39 is 0 Å². The molecule has 0 radical (unpaired) electrons. The van der Waals surface area contributed by atoms with Crippen LogP contribution in [0.25, 0.3) is 11.6 Å². The van der Waals surface area contributed by atoms with Gasteiger partial charge in [0.15, 0.2) is 11.5 Å². The van der Waals surface area contributed by atoms with Gasteiger partial charge >= 0.3 is 0 Å². The summed E-state index contributed by atoms with van der Waals surface area (Å²) >= 11 is 9.31. The third-order valence-electron chi connectivity index (χ3n) is 3.05. The van der Waals surface area contributed by atoms with Crippen molar-refractivity contribution in [2.45, 2.75) is 0 Å². The average Bonchev–Trinajstić information content (AvgIpc) is 2.52. The molecule has 0 atom stereocenters. The molecular weight excluding hydrogens is 366 g/mol. The number of hydrogen-bond acceptors (Lipinski definition) is 3. The monoisotopic (exact) mass is 377 g/mol. The quantitative estimate of drug-likeness (QED) is 0.543. The number of nitrogens with zero attached hydrogens (tertiary/aromatic N) is 1. The molecule has 0 amide bonds. The minimum atomic E-state index is 0.509. The van der Waals surface area contributed by atoms with Gasteiger partial charge in [-0.1, -0.05) is 39.7 Å². The van der Waals surface area contributed by atoms with Crippen LogP contribution in [0, 0.1) is 11.3 Å².